The third-order valence-corrected chi connectivity index (χ3v) is 6.57. The van der Waals surface area contributed by atoms with Crippen LogP contribution in [0.15, 0.2) is 36.5 Å². The number of thiazole rings is 1. The van der Waals surface area contributed by atoms with Crippen molar-refractivity contribution in [3.63, 3.8) is 0 Å². The number of methoxy groups -OCH3 is 1. The number of pyridine rings is 1. The van der Waals surface area contributed by atoms with E-state index >= 15 is 0 Å². The highest BCUT2D eigenvalue weighted by Crippen LogP contribution is 2.34. The minimum atomic E-state index is -3.20. The highest BCUT2D eigenvalue weighted by Gasteiger charge is 2.35. The molecule has 0 fully saturated rings. The van der Waals surface area contributed by atoms with Gasteiger partial charge in [0.25, 0.3) is 17.5 Å². The first kappa shape index (κ1) is 30.3. The van der Waals surface area contributed by atoms with Crippen LogP contribution in [0.2, 0.25) is 0 Å². The van der Waals surface area contributed by atoms with Crippen LogP contribution in [-0.4, -0.2) is 59.9 Å². The zero-order chi connectivity index (χ0) is 28.9. The molecule has 0 aliphatic heterocycles. The lowest BCUT2D eigenvalue weighted by molar-refractivity contribution is -0.0571. The average Bonchev–Trinajstić information content (AvgIpc) is 3.22. The fraction of sp³-hybridized carbons (Fsp3) is 0.385. The van der Waals surface area contributed by atoms with E-state index in [1.54, 1.807) is 12.1 Å². The van der Waals surface area contributed by atoms with Gasteiger partial charge in [0.05, 0.1) is 52.5 Å². The first-order valence-corrected chi connectivity index (χ1v) is 13.3. The molecule has 13 heteroatoms. The number of benzene rings is 1. The number of alkyl halides is 2. The quantitative estimate of drug-likeness (QED) is 0.172. The smallest absolute Gasteiger partial charge is 0.288 e. The highest BCUT2D eigenvalue weighted by atomic mass is 32.1. The topological polar surface area (TPSA) is 112 Å². The molecule has 2 N–H and O–H groups in total. The van der Waals surface area contributed by atoms with Crippen molar-refractivity contribution >= 4 is 48.3 Å². The Morgan fingerprint density at radius 1 is 1.26 bits per heavy atom. The van der Waals surface area contributed by atoms with E-state index in [0.29, 0.717) is 16.0 Å². The molecule has 2 aromatic heterocycles. The average molecular weight is 581 g/mol. The third-order valence-electron chi connectivity index (χ3n) is 5.27. The Kier molecular flexibility index (Phi) is 9.93. The SMILES string of the molecule is C=C(C)C(OCCNC(=O)c1cc(OC)ncc1NC(=O)c1c(OC(C)C)ccc2nc(C)sc12)C(F)(F)P. The van der Waals surface area contributed by atoms with Crippen molar-refractivity contribution < 1.29 is 32.6 Å². The molecule has 2 atom stereocenters. The van der Waals surface area contributed by atoms with Gasteiger partial charge < -0.3 is 24.8 Å². The number of halogens is 2. The Morgan fingerprint density at radius 3 is 2.59 bits per heavy atom. The van der Waals surface area contributed by atoms with Crippen LogP contribution in [0.1, 0.15) is 46.5 Å². The molecule has 2 unspecified atom stereocenters. The van der Waals surface area contributed by atoms with Crippen molar-refractivity contribution in [2.45, 2.75) is 45.6 Å². The van der Waals surface area contributed by atoms with E-state index in [1.165, 1.54) is 46.9 Å². The lowest BCUT2D eigenvalue weighted by Crippen LogP contribution is -2.35. The summed E-state index contributed by atoms with van der Waals surface area (Å²) in [7, 11) is 2.82. The zero-order valence-corrected chi connectivity index (χ0v) is 24.2. The summed E-state index contributed by atoms with van der Waals surface area (Å²) in [5, 5.41) is 6.14. The number of carbonyl (C=O) groups is 2. The number of aromatic nitrogens is 2. The number of ether oxygens (including phenoxy) is 3. The summed E-state index contributed by atoms with van der Waals surface area (Å²) in [4.78, 5) is 35.2. The maximum Gasteiger partial charge on any atom is 0.288 e. The second kappa shape index (κ2) is 12.8. The number of nitrogens with one attached hydrogen (secondary N) is 2. The molecule has 0 bridgehead atoms. The molecule has 2 heterocycles. The van der Waals surface area contributed by atoms with Gasteiger partial charge in [0.2, 0.25) is 5.88 Å². The number of aryl methyl sites for hydroxylation is 1. The Balaban J connectivity index is 1.84. The van der Waals surface area contributed by atoms with Crippen molar-refractivity contribution in [1.29, 1.82) is 0 Å². The molecule has 0 aliphatic carbocycles. The number of hydrogen-bond acceptors (Lipinski definition) is 8. The van der Waals surface area contributed by atoms with Crippen molar-refractivity contribution in [3.05, 3.63) is 52.7 Å². The largest absolute Gasteiger partial charge is 0.490 e. The van der Waals surface area contributed by atoms with Gasteiger partial charge in [-0.25, -0.2) is 9.97 Å². The van der Waals surface area contributed by atoms with E-state index in [0.717, 1.165) is 5.01 Å². The van der Waals surface area contributed by atoms with Crippen LogP contribution in [0.4, 0.5) is 14.5 Å². The highest BCUT2D eigenvalue weighted by molar-refractivity contribution is 7.19. The molecule has 39 heavy (non-hydrogen) atoms. The van der Waals surface area contributed by atoms with E-state index in [2.05, 4.69) is 27.2 Å². The lowest BCUT2D eigenvalue weighted by Gasteiger charge is -2.24. The predicted octanol–water partition coefficient (Wildman–Crippen LogP) is 5.21. The minimum Gasteiger partial charge on any atom is -0.490 e. The van der Waals surface area contributed by atoms with Crippen molar-refractivity contribution in [2.24, 2.45) is 0 Å². The molecule has 210 valence electrons. The van der Waals surface area contributed by atoms with Crippen LogP contribution in [-0.2, 0) is 4.74 Å². The molecule has 0 spiro atoms. The van der Waals surface area contributed by atoms with Gasteiger partial charge in [-0.1, -0.05) is 15.8 Å². The van der Waals surface area contributed by atoms with E-state index in [1.807, 2.05) is 20.8 Å². The van der Waals surface area contributed by atoms with Crippen LogP contribution in [0.5, 0.6) is 11.6 Å². The number of fused-ring (bicyclic) bond motifs is 1. The fourth-order valence-corrected chi connectivity index (χ4v) is 5.02. The molecule has 0 radical (unpaired) electrons. The minimum absolute atomic E-state index is 0.0574. The van der Waals surface area contributed by atoms with Crippen LogP contribution >= 0.6 is 20.6 Å². The molecule has 0 saturated carbocycles. The first-order valence-electron chi connectivity index (χ1n) is 12.0. The van der Waals surface area contributed by atoms with Crippen molar-refractivity contribution in [2.75, 3.05) is 25.6 Å². The summed E-state index contributed by atoms with van der Waals surface area (Å²) in [6, 6.07) is 4.84. The van der Waals surface area contributed by atoms with Crippen molar-refractivity contribution in [3.8, 4) is 11.6 Å². The van der Waals surface area contributed by atoms with E-state index in [9.17, 15) is 18.4 Å². The Hall–Kier alpha value is -3.21. The van der Waals surface area contributed by atoms with Crippen molar-refractivity contribution in [1.82, 2.24) is 15.3 Å². The molecule has 0 aliphatic rings. The van der Waals surface area contributed by atoms with Crippen LogP contribution in [0.25, 0.3) is 10.2 Å². The van der Waals surface area contributed by atoms with Gasteiger partial charge in [0.15, 0.2) is 0 Å². The van der Waals surface area contributed by atoms with Crippen LogP contribution in [0.3, 0.4) is 0 Å². The standard InChI is InChI=1S/C26H31F2N4O5PS/c1-13(2)23(26(27,28)38)36-10-9-29-24(33)16-11-20(35-6)30-12-18(16)32-25(34)21-19(37-14(3)4)8-7-17-22(21)39-15(5)31-17/h7-8,11-12,14,23H,1,9-10,38H2,2-6H3,(H,29,33)(H,32,34). The first-order chi connectivity index (χ1) is 18.3. The summed E-state index contributed by atoms with van der Waals surface area (Å²) in [5.41, 5.74) is -1.95. The van der Waals surface area contributed by atoms with E-state index < -0.39 is 23.6 Å². The maximum atomic E-state index is 13.7. The predicted molar refractivity (Wildman–Crippen MR) is 150 cm³/mol. The Bertz CT molecular complexity index is 1380. The van der Waals surface area contributed by atoms with Gasteiger partial charge in [-0.3, -0.25) is 9.59 Å². The molecular weight excluding hydrogens is 549 g/mol. The van der Waals surface area contributed by atoms with E-state index in [4.69, 9.17) is 14.2 Å². The van der Waals surface area contributed by atoms with Crippen LogP contribution in [0, 0.1) is 6.92 Å². The van der Waals surface area contributed by atoms with Gasteiger partial charge in [0.1, 0.15) is 17.4 Å². The number of carbonyl (C=O) groups excluding carboxylic acids is 2. The van der Waals surface area contributed by atoms with E-state index in [-0.39, 0.29) is 47.5 Å². The summed E-state index contributed by atoms with van der Waals surface area (Å²) in [5.74, 6) is -0.592. The van der Waals surface area contributed by atoms with Gasteiger partial charge in [-0.15, -0.1) is 11.3 Å². The zero-order valence-electron chi connectivity index (χ0n) is 22.3. The molecule has 3 aromatic rings. The number of anilines is 1. The lowest BCUT2D eigenvalue weighted by atomic mass is 10.1. The fourth-order valence-electron chi connectivity index (χ4n) is 3.69. The van der Waals surface area contributed by atoms with Gasteiger partial charge in [0, 0.05) is 12.6 Å². The molecule has 1 aromatic carbocycles. The van der Waals surface area contributed by atoms with Gasteiger partial charge in [-0.2, -0.15) is 8.78 Å². The number of nitrogens with zero attached hydrogens (tertiary/aromatic N) is 2. The van der Waals surface area contributed by atoms with Crippen LogP contribution < -0.4 is 20.1 Å². The monoisotopic (exact) mass is 580 g/mol. The summed E-state index contributed by atoms with van der Waals surface area (Å²) < 4.78 is 44.3. The maximum absolute atomic E-state index is 13.7. The third kappa shape index (κ3) is 7.68. The second-order valence-electron chi connectivity index (χ2n) is 8.94. The number of amides is 2. The molecule has 2 amide bonds. The molecule has 0 saturated heterocycles. The Morgan fingerprint density at radius 2 is 1.97 bits per heavy atom. The van der Waals surface area contributed by atoms with Gasteiger partial charge in [-0.05, 0) is 45.4 Å². The summed E-state index contributed by atoms with van der Waals surface area (Å²) >= 11 is 1.35. The summed E-state index contributed by atoms with van der Waals surface area (Å²) in [6.07, 6.45) is -0.407. The summed E-state index contributed by atoms with van der Waals surface area (Å²) in [6.45, 7) is 10.2. The Labute approximate surface area is 231 Å². The number of hydrogen-bond donors (Lipinski definition) is 2. The number of rotatable bonds is 12. The molecular formula is C26H31F2N4O5PS. The second-order valence-corrected chi connectivity index (χ2v) is 10.9. The van der Waals surface area contributed by atoms with Gasteiger partial charge >= 0.3 is 0 Å². The molecule has 3 rings (SSSR count). The normalized spacial score (nSPS) is 12.3. The molecule has 9 nitrogen and oxygen atoms in total.